The molecule has 0 spiro atoms. The summed E-state index contributed by atoms with van der Waals surface area (Å²) >= 11 is 6.15. The Hall–Kier alpha value is -1.07. The second-order valence-corrected chi connectivity index (χ2v) is 4.17. The van der Waals surface area contributed by atoms with E-state index in [1.54, 1.807) is 6.92 Å². The summed E-state index contributed by atoms with van der Waals surface area (Å²) in [5.74, 6) is -0.291. The molecule has 96 valence electrons. The van der Waals surface area contributed by atoms with Crippen molar-refractivity contribution in [1.82, 2.24) is 15.1 Å². The van der Waals surface area contributed by atoms with E-state index in [-0.39, 0.29) is 12.0 Å². The van der Waals surface area contributed by atoms with Crippen LogP contribution in [0, 0.1) is 6.92 Å². The summed E-state index contributed by atoms with van der Waals surface area (Å²) in [6, 6.07) is -0.364. The van der Waals surface area contributed by atoms with Crippen molar-refractivity contribution < 1.29 is 9.53 Å². The fraction of sp³-hybridized carbons (Fsp3) is 0.636. The van der Waals surface area contributed by atoms with E-state index in [1.165, 1.54) is 7.11 Å². The smallest absolute Gasteiger partial charge is 0.322 e. The summed E-state index contributed by atoms with van der Waals surface area (Å²) in [5.41, 5.74) is 1.69. The van der Waals surface area contributed by atoms with Crippen molar-refractivity contribution >= 4 is 17.6 Å². The standard InChI is InChI=1S/C11H18ClN3O2/c1-5-15-9(10(12)7(2)14-15)6-13-8(3)11(16)17-4/h8,13H,5-6H2,1-4H3. The van der Waals surface area contributed by atoms with Gasteiger partial charge in [-0.3, -0.25) is 14.8 Å². The number of ether oxygens (including phenoxy) is 1. The fourth-order valence-corrected chi connectivity index (χ4v) is 1.75. The quantitative estimate of drug-likeness (QED) is 0.815. The molecule has 1 atom stereocenters. The van der Waals surface area contributed by atoms with E-state index >= 15 is 0 Å². The molecule has 1 aromatic heterocycles. The Morgan fingerprint density at radius 2 is 2.29 bits per heavy atom. The van der Waals surface area contributed by atoms with Gasteiger partial charge in [-0.15, -0.1) is 0 Å². The lowest BCUT2D eigenvalue weighted by molar-refractivity contribution is -0.142. The van der Waals surface area contributed by atoms with Crippen molar-refractivity contribution in [3.63, 3.8) is 0 Å². The molecule has 0 aromatic carbocycles. The van der Waals surface area contributed by atoms with Crippen LogP contribution in [0.2, 0.25) is 5.02 Å². The van der Waals surface area contributed by atoms with Gasteiger partial charge in [0.15, 0.2) is 0 Å². The molecule has 1 heterocycles. The van der Waals surface area contributed by atoms with E-state index in [9.17, 15) is 4.79 Å². The van der Waals surface area contributed by atoms with Crippen LogP contribution in [0.1, 0.15) is 25.2 Å². The number of halogens is 1. The summed E-state index contributed by atoms with van der Waals surface area (Å²) in [7, 11) is 1.37. The highest BCUT2D eigenvalue weighted by Crippen LogP contribution is 2.20. The van der Waals surface area contributed by atoms with Crippen LogP contribution in [0.4, 0.5) is 0 Å². The zero-order valence-corrected chi connectivity index (χ0v) is 11.3. The average molecular weight is 260 g/mol. The van der Waals surface area contributed by atoms with Gasteiger partial charge in [0.25, 0.3) is 0 Å². The Balaban J connectivity index is 2.72. The maximum atomic E-state index is 11.2. The largest absolute Gasteiger partial charge is 0.468 e. The molecule has 0 bridgehead atoms. The summed E-state index contributed by atoms with van der Waals surface area (Å²) in [6.45, 7) is 6.85. The molecule has 0 aliphatic carbocycles. The van der Waals surface area contributed by atoms with Gasteiger partial charge in [0.2, 0.25) is 0 Å². The van der Waals surface area contributed by atoms with Gasteiger partial charge in [0.1, 0.15) is 6.04 Å². The molecule has 0 aliphatic rings. The normalized spacial score (nSPS) is 12.5. The van der Waals surface area contributed by atoms with Crippen LogP contribution in [0.25, 0.3) is 0 Å². The maximum Gasteiger partial charge on any atom is 0.322 e. The third-order valence-electron chi connectivity index (χ3n) is 2.58. The highest BCUT2D eigenvalue weighted by Gasteiger charge is 2.16. The number of aryl methyl sites for hydroxylation is 2. The monoisotopic (exact) mass is 259 g/mol. The second kappa shape index (κ2) is 6.02. The van der Waals surface area contributed by atoms with E-state index in [0.29, 0.717) is 11.6 Å². The molecule has 0 saturated heterocycles. The molecular weight excluding hydrogens is 242 g/mol. The number of aromatic nitrogens is 2. The van der Waals surface area contributed by atoms with Gasteiger partial charge in [-0.2, -0.15) is 5.10 Å². The molecule has 1 rings (SSSR count). The number of carbonyl (C=O) groups excluding carboxylic acids is 1. The minimum absolute atomic E-state index is 0.291. The number of carbonyl (C=O) groups is 1. The number of esters is 1. The van der Waals surface area contributed by atoms with Crippen LogP contribution < -0.4 is 5.32 Å². The van der Waals surface area contributed by atoms with E-state index in [1.807, 2.05) is 18.5 Å². The molecule has 1 unspecified atom stereocenters. The van der Waals surface area contributed by atoms with Crippen molar-refractivity contribution in [2.24, 2.45) is 0 Å². The topological polar surface area (TPSA) is 56.2 Å². The van der Waals surface area contributed by atoms with Crippen molar-refractivity contribution in [1.29, 1.82) is 0 Å². The van der Waals surface area contributed by atoms with Gasteiger partial charge in [0.05, 0.1) is 23.5 Å². The summed E-state index contributed by atoms with van der Waals surface area (Å²) < 4.78 is 6.46. The summed E-state index contributed by atoms with van der Waals surface area (Å²) in [6.07, 6.45) is 0. The third kappa shape index (κ3) is 3.20. The van der Waals surface area contributed by atoms with Crippen LogP contribution in [-0.4, -0.2) is 28.9 Å². The Kier molecular flexibility index (Phi) is 4.96. The predicted octanol–water partition coefficient (Wildman–Crippen LogP) is 1.52. The SMILES string of the molecule is CCn1nc(C)c(Cl)c1CNC(C)C(=O)OC. The number of methoxy groups -OCH3 is 1. The van der Waals surface area contributed by atoms with E-state index < -0.39 is 0 Å². The van der Waals surface area contributed by atoms with E-state index in [0.717, 1.165) is 17.9 Å². The number of nitrogens with zero attached hydrogens (tertiary/aromatic N) is 2. The van der Waals surface area contributed by atoms with Crippen molar-refractivity contribution in [3.8, 4) is 0 Å². The first kappa shape index (κ1) is 14.0. The Morgan fingerprint density at radius 3 is 2.82 bits per heavy atom. The molecule has 0 fully saturated rings. The molecule has 1 N–H and O–H groups in total. The van der Waals surface area contributed by atoms with Crippen LogP contribution in [0.3, 0.4) is 0 Å². The molecule has 0 aliphatic heterocycles. The Labute approximate surface area is 106 Å². The number of nitrogens with one attached hydrogen (secondary N) is 1. The molecule has 0 radical (unpaired) electrons. The maximum absolute atomic E-state index is 11.2. The molecule has 1 aromatic rings. The summed E-state index contributed by atoms with van der Waals surface area (Å²) in [4.78, 5) is 11.2. The zero-order valence-electron chi connectivity index (χ0n) is 10.6. The van der Waals surface area contributed by atoms with Gasteiger partial charge in [0, 0.05) is 13.1 Å². The number of rotatable bonds is 5. The average Bonchev–Trinajstić information content (AvgIpc) is 2.61. The fourth-order valence-electron chi connectivity index (χ4n) is 1.55. The first-order chi connectivity index (χ1) is 8.01. The van der Waals surface area contributed by atoms with E-state index in [2.05, 4.69) is 15.2 Å². The number of hydrogen-bond acceptors (Lipinski definition) is 4. The predicted molar refractivity (Wildman–Crippen MR) is 66.0 cm³/mol. The van der Waals surface area contributed by atoms with Crippen LogP contribution >= 0.6 is 11.6 Å². The number of hydrogen-bond donors (Lipinski definition) is 1. The van der Waals surface area contributed by atoms with Gasteiger partial charge in [-0.05, 0) is 20.8 Å². The van der Waals surface area contributed by atoms with Crippen LogP contribution in [-0.2, 0) is 22.6 Å². The van der Waals surface area contributed by atoms with Gasteiger partial charge < -0.3 is 4.74 Å². The third-order valence-corrected chi connectivity index (χ3v) is 3.07. The van der Waals surface area contributed by atoms with Crippen LogP contribution in [0.5, 0.6) is 0 Å². The van der Waals surface area contributed by atoms with Gasteiger partial charge in [-0.1, -0.05) is 11.6 Å². The van der Waals surface area contributed by atoms with Crippen molar-refractivity contribution in [2.75, 3.05) is 7.11 Å². The Morgan fingerprint density at radius 1 is 1.65 bits per heavy atom. The lowest BCUT2D eigenvalue weighted by atomic mass is 10.3. The minimum atomic E-state index is -0.364. The van der Waals surface area contributed by atoms with Gasteiger partial charge >= 0.3 is 5.97 Å². The highest BCUT2D eigenvalue weighted by molar-refractivity contribution is 6.31. The Bertz CT molecular complexity index is 404. The van der Waals surface area contributed by atoms with Crippen molar-refractivity contribution in [2.45, 2.75) is 39.9 Å². The highest BCUT2D eigenvalue weighted by atomic mass is 35.5. The first-order valence-corrected chi connectivity index (χ1v) is 5.92. The molecular formula is C11H18ClN3O2. The first-order valence-electron chi connectivity index (χ1n) is 5.54. The van der Waals surface area contributed by atoms with E-state index in [4.69, 9.17) is 11.6 Å². The molecule has 17 heavy (non-hydrogen) atoms. The molecule has 0 amide bonds. The van der Waals surface area contributed by atoms with Gasteiger partial charge in [-0.25, -0.2) is 0 Å². The van der Waals surface area contributed by atoms with Crippen molar-refractivity contribution in [3.05, 3.63) is 16.4 Å². The summed E-state index contributed by atoms with van der Waals surface area (Å²) in [5, 5.41) is 8.01. The lowest BCUT2D eigenvalue weighted by Crippen LogP contribution is -2.34. The second-order valence-electron chi connectivity index (χ2n) is 3.79. The zero-order chi connectivity index (χ0) is 13.0. The lowest BCUT2D eigenvalue weighted by Gasteiger charge is -2.12. The minimum Gasteiger partial charge on any atom is -0.468 e. The molecule has 6 heteroatoms. The molecule has 0 saturated carbocycles. The molecule has 5 nitrogen and oxygen atoms in total. The van der Waals surface area contributed by atoms with Crippen LogP contribution in [0.15, 0.2) is 0 Å².